The van der Waals surface area contributed by atoms with Crippen molar-refractivity contribution in [2.24, 2.45) is 0 Å². The zero-order valence-corrected chi connectivity index (χ0v) is 14.0. The highest BCUT2D eigenvalue weighted by atomic mass is 79.9. The molecule has 21 heavy (non-hydrogen) atoms. The van der Waals surface area contributed by atoms with Gasteiger partial charge in [-0.25, -0.2) is 0 Å². The molecule has 1 atom stereocenters. The Balaban J connectivity index is 2.25. The highest BCUT2D eigenvalue weighted by Crippen LogP contribution is 2.25. The predicted molar refractivity (Wildman–Crippen MR) is 90.7 cm³/mol. The molecule has 0 heterocycles. The first-order valence-electron chi connectivity index (χ1n) is 6.86. The molecule has 2 rings (SSSR count). The van der Waals surface area contributed by atoms with E-state index < -0.39 is 0 Å². The first kappa shape index (κ1) is 15.6. The number of hydrogen-bond acceptors (Lipinski definition) is 2. The Kier molecular flexibility index (Phi) is 5.02. The topological polar surface area (TPSA) is 41.1 Å². The van der Waals surface area contributed by atoms with E-state index in [1.165, 1.54) is 5.56 Å². The molecule has 0 saturated heterocycles. The van der Waals surface area contributed by atoms with Gasteiger partial charge in [-0.2, -0.15) is 0 Å². The van der Waals surface area contributed by atoms with E-state index >= 15 is 0 Å². The molecule has 1 amide bonds. The van der Waals surface area contributed by atoms with Crippen molar-refractivity contribution < 1.29 is 4.79 Å². The summed E-state index contributed by atoms with van der Waals surface area (Å²) in [5.41, 5.74) is 3.82. The van der Waals surface area contributed by atoms with Crippen LogP contribution in [0.3, 0.4) is 0 Å². The molecule has 0 spiro atoms. The number of anilines is 1. The van der Waals surface area contributed by atoms with E-state index in [2.05, 4.69) is 45.6 Å². The average molecular weight is 347 g/mol. The summed E-state index contributed by atoms with van der Waals surface area (Å²) in [5.74, 6) is -0.0636. The summed E-state index contributed by atoms with van der Waals surface area (Å²) >= 11 is 3.49. The summed E-state index contributed by atoms with van der Waals surface area (Å²) in [7, 11) is 1.64. The van der Waals surface area contributed by atoms with E-state index in [1.807, 2.05) is 37.3 Å². The van der Waals surface area contributed by atoms with Crippen LogP contribution in [0.2, 0.25) is 0 Å². The Morgan fingerprint density at radius 3 is 2.57 bits per heavy atom. The Morgan fingerprint density at radius 2 is 1.90 bits per heavy atom. The molecular weight excluding hydrogens is 328 g/mol. The average Bonchev–Trinajstić information content (AvgIpc) is 2.48. The molecule has 0 aliphatic heterocycles. The second-order valence-electron chi connectivity index (χ2n) is 4.98. The maximum Gasteiger partial charge on any atom is 0.251 e. The third kappa shape index (κ3) is 3.64. The van der Waals surface area contributed by atoms with Gasteiger partial charge in [0.25, 0.3) is 5.91 Å². The van der Waals surface area contributed by atoms with Gasteiger partial charge in [0.05, 0.1) is 0 Å². The Hall–Kier alpha value is -1.81. The van der Waals surface area contributed by atoms with Crippen molar-refractivity contribution in [2.75, 3.05) is 12.4 Å². The van der Waals surface area contributed by atoms with Crippen LogP contribution < -0.4 is 10.6 Å². The minimum atomic E-state index is -0.0636. The lowest BCUT2D eigenvalue weighted by molar-refractivity contribution is 0.0962. The van der Waals surface area contributed by atoms with E-state index in [0.717, 1.165) is 15.7 Å². The molecule has 0 aliphatic rings. The summed E-state index contributed by atoms with van der Waals surface area (Å²) < 4.78 is 1.06. The quantitative estimate of drug-likeness (QED) is 0.866. The van der Waals surface area contributed by atoms with Gasteiger partial charge < -0.3 is 10.6 Å². The van der Waals surface area contributed by atoms with Gasteiger partial charge in [-0.1, -0.05) is 34.1 Å². The number of hydrogen-bond donors (Lipinski definition) is 2. The van der Waals surface area contributed by atoms with Gasteiger partial charge in [-0.15, -0.1) is 0 Å². The first-order chi connectivity index (χ1) is 10.0. The van der Waals surface area contributed by atoms with Crippen molar-refractivity contribution in [3.63, 3.8) is 0 Å². The van der Waals surface area contributed by atoms with Gasteiger partial charge in [0.1, 0.15) is 0 Å². The fourth-order valence-corrected chi connectivity index (χ4v) is 2.68. The van der Waals surface area contributed by atoms with Gasteiger partial charge >= 0.3 is 0 Å². The van der Waals surface area contributed by atoms with Gasteiger partial charge in [0.15, 0.2) is 0 Å². The molecule has 0 aliphatic carbocycles. The molecular formula is C17H19BrN2O. The molecule has 3 nitrogen and oxygen atoms in total. The third-order valence-electron chi connectivity index (χ3n) is 3.53. The summed E-state index contributed by atoms with van der Waals surface area (Å²) in [5, 5.41) is 6.14. The minimum Gasteiger partial charge on any atom is -0.378 e. The minimum absolute atomic E-state index is 0.0636. The van der Waals surface area contributed by atoms with Crippen molar-refractivity contribution in [1.29, 1.82) is 0 Å². The first-order valence-corrected chi connectivity index (χ1v) is 7.66. The van der Waals surface area contributed by atoms with E-state index in [4.69, 9.17) is 0 Å². The molecule has 0 saturated carbocycles. The lowest BCUT2D eigenvalue weighted by Crippen LogP contribution is -2.19. The molecule has 0 aromatic heterocycles. The van der Waals surface area contributed by atoms with Crippen LogP contribution in [0.25, 0.3) is 0 Å². The summed E-state index contributed by atoms with van der Waals surface area (Å²) in [4.78, 5) is 11.8. The van der Waals surface area contributed by atoms with Crippen LogP contribution in [0.5, 0.6) is 0 Å². The fraction of sp³-hybridized carbons (Fsp3) is 0.235. The zero-order valence-electron chi connectivity index (χ0n) is 12.4. The summed E-state index contributed by atoms with van der Waals surface area (Å²) in [6.45, 7) is 4.06. The number of halogens is 1. The van der Waals surface area contributed by atoms with Crippen LogP contribution in [-0.4, -0.2) is 13.0 Å². The molecule has 0 radical (unpaired) electrons. The Bertz CT molecular complexity index is 655. The highest BCUT2D eigenvalue weighted by molar-refractivity contribution is 9.10. The standard InChI is InChI=1S/C17H19BrN2O/c1-11-15(17(21)19-3)8-5-9-16(11)20-12(2)13-6-4-7-14(18)10-13/h4-10,12,20H,1-3H3,(H,19,21). The molecule has 2 N–H and O–H groups in total. The number of nitrogens with one attached hydrogen (secondary N) is 2. The normalized spacial score (nSPS) is 11.8. The predicted octanol–water partition coefficient (Wildman–Crippen LogP) is 4.29. The summed E-state index contributed by atoms with van der Waals surface area (Å²) in [6, 6.07) is 14.1. The zero-order chi connectivity index (χ0) is 15.4. The SMILES string of the molecule is CNC(=O)c1cccc(NC(C)c2cccc(Br)c2)c1C. The Labute approximate surface area is 133 Å². The maximum absolute atomic E-state index is 11.8. The van der Waals surface area contributed by atoms with Gasteiger partial charge in [-0.3, -0.25) is 4.79 Å². The maximum atomic E-state index is 11.8. The number of carbonyl (C=O) groups excluding carboxylic acids is 1. The van der Waals surface area contributed by atoms with Crippen molar-refractivity contribution in [3.8, 4) is 0 Å². The van der Waals surface area contributed by atoms with Gasteiger partial charge in [-0.05, 0) is 49.2 Å². The van der Waals surface area contributed by atoms with E-state index in [-0.39, 0.29) is 11.9 Å². The van der Waals surface area contributed by atoms with Gasteiger partial charge in [0, 0.05) is 28.8 Å². The van der Waals surface area contributed by atoms with Crippen LogP contribution in [0, 0.1) is 6.92 Å². The lowest BCUT2D eigenvalue weighted by Gasteiger charge is -2.19. The fourth-order valence-electron chi connectivity index (χ4n) is 2.27. The van der Waals surface area contributed by atoms with Gasteiger partial charge in [0.2, 0.25) is 0 Å². The van der Waals surface area contributed by atoms with Crippen LogP contribution >= 0.6 is 15.9 Å². The highest BCUT2D eigenvalue weighted by Gasteiger charge is 2.12. The van der Waals surface area contributed by atoms with E-state index in [9.17, 15) is 4.79 Å². The van der Waals surface area contributed by atoms with Crippen LogP contribution in [-0.2, 0) is 0 Å². The number of carbonyl (C=O) groups is 1. The smallest absolute Gasteiger partial charge is 0.251 e. The van der Waals surface area contributed by atoms with E-state index in [1.54, 1.807) is 7.05 Å². The lowest BCUT2D eigenvalue weighted by atomic mass is 10.0. The molecule has 4 heteroatoms. The van der Waals surface area contributed by atoms with Crippen molar-refractivity contribution >= 4 is 27.5 Å². The molecule has 0 bridgehead atoms. The summed E-state index contributed by atoms with van der Waals surface area (Å²) in [6.07, 6.45) is 0. The van der Waals surface area contributed by atoms with E-state index in [0.29, 0.717) is 5.56 Å². The molecule has 110 valence electrons. The molecule has 1 unspecified atom stereocenters. The number of amides is 1. The Morgan fingerprint density at radius 1 is 1.19 bits per heavy atom. The molecule has 2 aromatic carbocycles. The largest absolute Gasteiger partial charge is 0.378 e. The van der Waals surface area contributed by atoms with Crippen LogP contribution in [0.15, 0.2) is 46.9 Å². The van der Waals surface area contributed by atoms with Crippen molar-refractivity contribution in [2.45, 2.75) is 19.9 Å². The number of rotatable bonds is 4. The second kappa shape index (κ2) is 6.76. The monoisotopic (exact) mass is 346 g/mol. The van der Waals surface area contributed by atoms with Crippen LogP contribution in [0.4, 0.5) is 5.69 Å². The number of benzene rings is 2. The van der Waals surface area contributed by atoms with Crippen molar-refractivity contribution in [1.82, 2.24) is 5.32 Å². The van der Waals surface area contributed by atoms with Crippen LogP contribution in [0.1, 0.15) is 34.5 Å². The molecule has 0 fully saturated rings. The second-order valence-corrected chi connectivity index (χ2v) is 5.89. The molecule has 2 aromatic rings. The van der Waals surface area contributed by atoms with Crippen molar-refractivity contribution in [3.05, 3.63) is 63.6 Å². The third-order valence-corrected chi connectivity index (χ3v) is 4.02.